The van der Waals surface area contributed by atoms with Crippen LogP contribution in [0.4, 0.5) is 0 Å². The molecule has 0 fully saturated rings. The number of rotatable bonds is 4. The van der Waals surface area contributed by atoms with Gasteiger partial charge in [0.15, 0.2) is 0 Å². The molecule has 0 spiro atoms. The second-order valence-electron chi connectivity index (χ2n) is 4.75. The third-order valence-electron chi connectivity index (χ3n) is 2.97. The Morgan fingerprint density at radius 1 is 1.16 bits per heavy atom. The third-order valence-corrected chi connectivity index (χ3v) is 3.22. The van der Waals surface area contributed by atoms with Crippen molar-refractivity contribution in [2.75, 3.05) is 0 Å². The van der Waals surface area contributed by atoms with Gasteiger partial charge in [-0.1, -0.05) is 35.9 Å². The van der Waals surface area contributed by atoms with Crippen LogP contribution in [0.1, 0.15) is 29.7 Å². The topological polar surface area (TPSA) is 35.2 Å². The highest BCUT2D eigenvalue weighted by atomic mass is 35.5. The van der Waals surface area contributed by atoms with Crippen molar-refractivity contribution in [1.29, 1.82) is 0 Å². The van der Waals surface area contributed by atoms with Gasteiger partial charge in [-0.25, -0.2) is 0 Å². The third kappa shape index (κ3) is 3.72. The molecule has 0 aliphatic heterocycles. The van der Waals surface area contributed by atoms with E-state index in [9.17, 15) is 0 Å². The molecule has 0 aliphatic carbocycles. The molecule has 19 heavy (non-hydrogen) atoms. The number of aryl methyl sites for hydroxylation is 1. The first kappa shape index (κ1) is 13.9. The largest absolute Gasteiger partial charge is 0.489 e. The van der Waals surface area contributed by atoms with Crippen LogP contribution in [-0.4, -0.2) is 0 Å². The van der Waals surface area contributed by atoms with Gasteiger partial charge in [-0.05, 0) is 43.2 Å². The van der Waals surface area contributed by atoms with Crippen molar-refractivity contribution in [3.8, 4) is 5.75 Å². The Hall–Kier alpha value is -1.51. The summed E-state index contributed by atoms with van der Waals surface area (Å²) in [5.41, 5.74) is 9.23. The van der Waals surface area contributed by atoms with Gasteiger partial charge in [0.05, 0.1) is 0 Å². The fourth-order valence-electron chi connectivity index (χ4n) is 1.88. The molecule has 0 radical (unpaired) electrons. The number of halogens is 1. The predicted octanol–water partition coefficient (Wildman–Crippen LogP) is 4.25. The molecule has 0 saturated carbocycles. The Bertz CT molecular complexity index is 549. The smallest absolute Gasteiger partial charge is 0.124 e. The molecule has 2 N–H and O–H groups in total. The van der Waals surface area contributed by atoms with E-state index in [0.29, 0.717) is 6.61 Å². The lowest BCUT2D eigenvalue weighted by Gasteiger charge is -2.15. The lowest BCUT2D eigenvalue weighted by molar-refractivity contribution is 0.301. The zero-order valence-electron chi connectivity index (χ0n) is 11.2. The molecule has 1 atom stereocenters. The summed E-state index contributed by atoms with van der Waals surface area (Å²) >= 11 is 5.86. The SMILES string of the molecule is Cc1ccc([C@@H](C)N)c(OCc2ccc(Cl)cc2)c1. The van der Waals surface area contributed by atoms with E-state index in [1.807, 2.05) is 56.3 Å². The van der Waals surface area contributed by atoms with E-state index in [1.165, 1.54) is 0 Å². The van der Waals surface area contributed by atoms with Crippen LogP contribution in [0.15, 0.2) is 42.5 Å². The molecule has 100 valence electrons. The Kier molecular flexibility index (Phi) is 4.46. The Morgan fingerprint density at radius 3 is 2.47 bits per heavy atom. The summed E-state index contributed by atoms with van der Waals surface area (Å²) in [6.45, 7) is 4.51. The number of hydrogen-bond donors (Lipinski definition) is 1. The Balaban J connectivity index is 2.14. The molecule has 0 amide bonds. The van der Waals surface area contributed by atoms with Gasteiger partial charge in [0.1, 0.15) is 12.4 Å². The van der Waals surface area contributed by atoms with E-state index in [4.69, 9.17) is 22.1 Å². The second-order valence-corrected chi connectivity index (χ2v) is 5.18. The van der Waals surface area contributed by atoms with Crippen molar-refractivity contribution in [2.45, 2.75) is 26.5 Å². The summed E-state index contributed by atoms with van der Waals surface area (Å²) < 4.78 is 5.88. The fraction of sp³-hybridized carbons (Fsp3) is 0.250. The molecule has 0 bridgehead atoms. The van der Waals surface area contributed by atoms with Crippen LogP contribution in [0.2, 0.25) is 5.02 Å². The standard InChI is InChI=1S/C16H18ClNO/c1-11-3-8-15(12(2)18)16(9-11)19-10-13-4-6-14(17)7-5-13/h3-9,12H,10,18H2,1-2H3/t12-/m1/s1. The van der Waals surface area contributed by atoms with Crippen molar-refractivity contribution >= 4 is 11.6 Å². The van der Waals surface area contributed by atoms with Crippen LogP contribution in [0.3, 0.4) is 0 Å². The normalized spacial score (nSPS) is 12.2. The molecule has 0 unspecified atom stereocenters. The summed E-state index contributed by atoms with van der Waals surface area (Å²) in [7, 11) is 0. The highest BCUT2D eigenvalue weighted by Gasteiger charge is 2.08. The van der Waals surface area contributed by atoms with E-state index in [2.05, 4.69) is 0 Å². The van der Waals surface area contributed by atoms with Crippen molar-refractivity contribution in [3.05, 3.63) is 64.2 Å². The molecule has 2 rings (SSSR count). The highest BCUT2D eigenvalue weighted by molar-refractivity contribution is 6.30. The number of benzene rings is 2. The van der Waals surface area contributed by atoms with Gasteiger partial charge >= 0.3 is 0 Å². The maximum atomic E-state index is 5.96. The summed E-state index contributed by atoms with van der Waals surface area (Å²) in [6, 6.07) is 13.7. The van der Waals surface area contributed by atoms with Crippen LogP contribution < -0.4 is 10.5 Å². The van der Waals surface area contributed by atoms with Crippen LogP contribution >= 0.6 is 11.6 Å². The lowest BCUT2D eigenvalue weighted by Crippen LogP contribution is -2.08. The first-order chi connectivity index (χ1) is 9.06. The van der Waals surface area contributed by atoms with Crippen molar-refractivity contribution < 1.29 is 4.74 Å². The van der Waals surface area contributed by atoms with Gasteiger partial charge in [-0.3, -0.25) is 0 Å². The number of ether oxygens (including phenoxy) is 1. The first-order valence-corrected chi connectivity index (χ1v) is 6.67. The molecule has 2 nitrogen and oxygen atoms in total. The monoisotopic (exact) mass is 275 g/mol. The minimum atomic E-state index is -0.0409. The lowest BCUT2D eigenvalue weighted by atomic mass is 10.1. The maximum Gasteiger partial charge on any atom is 0.124 e. The van der Waals surface area contributed by atoms with E-state index >= 15 is 0 Å². The average Bonchev–Trinajstić information content (AvgIpc) is 2.38. The quantitative estimate of drug-likeness (QED) is 0.905. The molecule has 0 aliphatic rings. The van der Waals surface area contributed by atoms with Gasteiger partial charge in [-0.15, -0.1) is 0 Å². The maximum absolute atomic E-state index is 5.96. The molecule has 2 aromatic rings. The minimum absolute atomic E-state index is 0.0409. The van der Waals surface area contributed by atoms with E-state index < -0.39 is 0 Å². The minimum Gasteiger partial charge on any atom is -0.489 e. The second kappa shape index (κ2) is 6.09. The van der Waals surface area contributed by atoms with Gasteiger partial charge < -0.3 is 10.5 Å². The van der Waals surface area contributed by atoms with Gasteiger partial charge in [-0.2, -0.15) is 0 Å². The molecule has 3 heteroatoms. The van der Waals surface area contributed by atoms with Crippen molar-refractivity contribution in [3.63, 3.8) is 0 Å². The average molecular weight is 276 g/mol. The van der Waals surface area contributed by atoms with Crippen LogP contribution in [-0.2, 0) is 6.61 Å². The number of hydrogen-bond acceptors (Lipinski definition) is 2. The van der Waals surface area contributed by atoms with E-state index in [0.717, 1.165) is 27.5 Å². The van der Waals surface area contributed by atoms with Crippen LogP contribution in [0, 0.1) is 6.92 Å². The molecule has 2 aromatic carbocycles. The highest BCUT2D eigenvalue weighted by Crippen LogP contribution is 2.26. The van der Waals surface area contributed by atoms with Crippen molar-refractivity contribution in [1.82, 2.24) is 0 Å². The summed E-state index contributed by atoms with van der Waals surface area (Å²) in [5.74, 6) is 0.852. The number of nitrogens with two attached hydrogens (primary N) is 1. The predicted molar refractivity (Wildman–Crippen MR) is 79.6 cm³/mol. The van der Waals surface area contributed by atoms with Crippen LogP contribution in [0.25, 0.3) is 0 Å². The fourth-order valence-corrected chi connectivity index (χ4v) is 2.01. The zero-order valence-corrected chi connectivity index (χ0v) is 11.9. The van der Waals surface area contributed by atoms with Crippen LogP contribution in [0.5, 0.6) is 5.75 Å². The van der Waals surface area contributed by atoms with Crippen molar-refractivity contribution in [2.24, 2.45) is 5.73 Å². The summed E-state index contributed by atoms with van der Waals surface area (Å²) in [5, 5.41) is 0.732. The van der Waals surface area contributed by atoms with E-state index in [1.54, 1.807) is 0 Å². The van der Waals surface area contributed by atoms with Gasteiger partial charge in [0, 0.05) is 16.6 Å². The Morgan fingerprint density at radius 2 is 1.84 bits per heavy atom. The molecular weight excluding hydrogens is 258 g/mol. The summed E-state index contributed by atoms with van der Waals surface area (Å²) in [4.78, 5) is 0. The molecular formula is C16H18ClNO. The molecule has 0 saturated heterocycles. The first-order valence-electron chi connectivity index (χ1n) is 6.29. The molecule has 0 heterocycles. The summed E-state index contributed by atoms with van der Waals surface area (Å²) in [6.07, 6.45) is 0. The van der Waals surface area contributed by atoms with Gasteiger partial charge in [0.25, 0.3) is 0 Å². The van der Waals surface area contributed by atoms with E-state index in [-0.39, 0.29) is 6.04 Å². The zero-order chi connectivity index (χ0) is 13.8. The molecule has 0 aromatic heterocycles. The Labute approximate surface area is 119 Å². The van der Waals surface area contributed by atoms with Gasteiger partial charge in [0.2, 0.25) is 0 Å².